The molecule has 1 saturated heterocycles. The van der Waals surface area contributed by atoms with Crippen LogP contribution in [0.3, 0.4) is 0 Å². The summed E-state index contributed by atoms with van der Waals surface area (Å²) in [4.78, 5) is 6.71. The molecule has 1 aromatic heterocycles. The second kappa shape index (κ2) is 6.42. The van der Waals surface area contributed by atoms with Crippen molar-refractivity contribution in [3.05, 3.63) is 18.5 Å². The van der Waals surface area contributed by atoms with Crippen molar-refractivity contribution in [3.63, 3.8) is 0 Å². The Labute approximate surface area is 109 Å². The molecular weight excluding hydrogens is 226 g/mol. The standard InChI is InChI=1S/C13H23N5/c1-12(11-18-9-5-6-16-18)10-15-13(14)17-7-3-2-4-8-17/h5-6,9,12H,2-4,7-8,10-11H2,1H3,(H2,14,15). The molecule has 0 radical (unpaired) electrons. The number of hydrogen-bond acceptors (Lipinski definition) is 2. The van der Waals surface area contributed by atoms with Crippen molar-refractivity contribution in [1.29, 1.82) is 0 Å². The van der Waals surface area contributed by atoms with Crippen molar-refractivity contribution in [1.82, 2.24) is 14.7 Å². The summed E-state index contributed by atoms with van der Waals surface area (Å²) in [5.74, 6) is 1.16. The fraction of sp³-hybridized carbons (Fsp3) is 0.692. The highest BCUT2D eigenvalue weighted by Crippen LogP contribution is 2.08. The van der Waals surface area contributed by atoms with E-state index in [1.165, 1.54) is 19.3 Å². The topological polar surface area (TPSA) is 59.4 Å². The maximum absolute atomic E-state index is 6.02. The quantitative estimate of drug-likeness (QED) is 0.646. The monoisotopic (exact) mass is 249 g/mol. The van der Waals surface area contributed by atoms with Gasteiger partial charge in [0, 0.05) is 38.6 Å². The third kappa shape index (κ3) is 3.75. The Balaban J connectivity index is 1.78. The molecule has 0 bridgehead atoms. The number of aliphatic imine (C=N–C) groups is 1. The van der Waals surface area contributed by atoms with Gasteiger partial charge in [0.2, 0.25) is 0 Å². The van der Waals surface area contributed by atoms with Gasteiger partial charge in [0.15, 0.2) is 5.96 Å². The molecule has 5 heteroatoms. The molecule has 2 heterocycles. The van der Waals surface area contributed by atoms with Gasteiger partial charge in [0.1, 0.15) is 0 Å². The molecule has 1 unspecified atom stereocenters. The minimum absolute atomic E-state index is 0.452. The van der Waals surface area contributed by atoms with E-state index in [0.29, 0.717) is 11.9 Å². The fourth-order valence-electron chi connectivity index (χ4n) is 2.26. The average Bonchev–Trinajstić information content (AvgIpc) is 2.90. The zero-order valence-corrected chi connectivity index (χ0v) is 11.1. The Morgan fingerprint density at radius 2 is 2.17 bits per heavy atom. The van der Waals surface area contributed by atoms with Crippen LogP contribution in [0.2, 0.25) is 0 Å². The predicted molar refractivity (Wildman–Crippen MR) is 73.3 cm³/mol. The molecule has 2 rings (SSSR count). The van der Waals surface area contributed by atoms with E-state index in [0.717, 1.165) is 26.2 Å². The van der Waals surface area contributed by atoms with Crippen LogP contribution < -0.4 is 5.73 Å². The normalized spacial score (nSPS) is 18.9. The molecule has 1 aliphatic heterocycles. The molecule has 0 aliphatic carbocycles. The van der Waals surface area contributed by atoms with E-state index in [4.69, 9.17) is 5.73 Å². The minimum Gasteiger partial charge on any atom is -0.370 e. The van der Waals surface area contributed by atoms with Gasteiger partial charge in [-0.05, 0) is 31.2 Å². The van der Waals surface area contributed by atoms with Gasteiger partial charge in [0.25, 0.3) is 0 Å². The third-order valence-corrected chi connectivity index (χ3v) is 3.30. The largest absolute Gasteiger partial charge is 0.370 e. The van der Waals surface area contributed by atoms with Crippen LogP contribution in [0.4, 0.5) is 0 Å². The lowest BCUT2D eigenvalue weighted by molar-refractivity contribution is 0.336. The highest BCUT2D eigenvalue weighted by atomic mass is 15.3. The minimum atomic E-state index is 0.452. The van der Waals surface area contributed by atoms with Crippen LogP contribution in [0.1, 0.15) is 26.2 Å². The van der Waals surface area contributed by atoms with Gasteiger partial charge in [-0.3, -0.25) is 9.67 Å². The molecule has 1 fully saturated rings. The molecule has 100 valence electrons. The zero-order chi connectivity index (χ0) is 12.8. The van der Waals surface area contributed by atoms with Gasteiger partial charge in [-0.1, -0.05) is 6.92 Å². The number of rotatable bonds is 4. The molecule has 18 heavy (non-hydrogen) atoms. The number of piperidine rings is 1. The summed E-state index contributed by atoms with van der Waals surface area (Å²) in [6, 6.07) is 1.94. The molecule has 1 aliphatic rings. The van der Waals surface area contributed by atoms with E-state index in [9.17, 15) is 0 Å². The van der Waals surface area contributed by atoms with E-state index >= 15 is 0 Å². The van der Waals surface area contributed by atoms with Crippen LogP contribution in [-0.2, 0) is 6.54 Å². The lowest BCUT2D eigenvalue weighted by atomic mass is 10.1. The fourth-order valence-corrected chi connectivity index (χ4v) is 2.26. The van der Waals surface area contributed by atoms with Crippen molar-refractivity contribution in [2.75, 3.05) is 19.6 Å². The second-order valence-electron chi connectivity index (χ2n) is 5.08. The number of aromatic nitrogens is 2. The van der Waals surface area contributed by atoms with Gasteiger partial charge in [-0.15, -0.1) is 0 Å². The van der Waals surface area contributed by atoms with Crippen molar-refractivity contribution in [3.8, 4) is 0 Å². The lowest BCUT2D eigenvalue weighted by Gasteiger charge is -2.27. The highest BCUT2D eigenvalue weighted by molar-refractivity contribution is 5.78. The maximum Gasteiger partial charge on any atom is 0.191 e. The van der Waals surface area contributed by atoms with Crippen LogP contribution in [0.25, 0.3) is 0 Å². The van der Waals surface area contributed by atoms with Gasteiger partial charge in [0.05, 0.1) is 0 Å². The zero-order valence-electron chi connectivity index (χ0n) is 11.1. The Morgan fingerprint density at radius 1 is 1.39 bits per heavy atom. The van der Waals surface area contributed by atoms with Crippen LogP contribution in [-0.4, -0.2) is 40.3 Å². The first-order valence-corrected chi connectivity index (χ1v) is 6.78. The molecule has 1 aromatic rings. The summed E-state index contributed by atoms with van der Waals surface area (Å²) in [5.41, 5.74) is 6.02. The first-order valence-electron chi connectivity index (χ1n) is 6.78. The van der Waals surface area contributed by atoms with Gasteiger partial charge in [-0.25, -0.2) is 0 Å². The number of nitrogens with zero attached hydrogens (tertiary/aromatic N) is 4. The first kappa shape index (κ1) is 12.9. The molecule has 0 aromatic carbocycles. The molecule has 0 saturated carbocycles. The Morgan fingerprint density at radius 3 is 2.83 bits per heavy atom. The highest BCUT2D eigenvalue weighted by Gasteiger charge is 2.12. The Bertz CT molecular complexity index is 365. The summed E-state index contributed by atoms with van der Waals surface area (Å²) in [5, 5.41) is 4.20. The Hall–Kier alpha value is -1.52. The van der Waals surface area contributed by atoms with Crippen LogP contribution in [0.15, 0.2) is 23.5 Å². The molecule has 1 atom stereocenters. The summed E-state index contributed by atoms with van der Waals surface area (Å²) >= 11 is 0. The van der Waals surface area contributed by atoms with E-state index < -0.39 is 0 Å². The first-order chi connectivity index (χ1) is 8.75. The van der Waals surface area contributed by atoms with E-state index in [1.54, 1.807) is 6.20 Å². The predicted octanol–water partition coefficient (Wildman–Crippen LogP) is 1.32. The van der Waals surface area contributed by atoms with Gasteiger partial charge < -0.3 is 10.6 Å². The smallest absolute Gasteiger partial charge is 0.191 e. The SMILES string of the molecule is CC(CN=C(N)N1CCCCC1)Cn1cccn1. The summed E-state index contributed by atoms with van der Waals surface area (Å²) in [6.07, 6.45) is 7.57. The van der Waals surface area contributed by atoms with Gasteiger partial charge >= 0.3 is 0 Å². The molecular formula is C13H23N5. The molecule has 5 nitrogen and oxygen atoms in total. The van der Waals surface area contributed by atoms with E-state index in [-0.39, 0.29) is 0 Å². The molecule has 0 amide bonds. The van der Waals surface area contributed by atoms with Crippen LogP contribution in [0.5, 0.6) is 0 Å². The van der Waals surface area contributed by atoms with Crippen LogP contribution >= 0.6 is 0 Å². The summed E-state index contributed by atoms with van der Waals surface area (Å²) in [6.45, 7) is 5.95. The number of likely N-dealkylation sites (tertiary alicyclic amines) is 1. The molecule has 0 spiro atoms. The number of nitrogens with two attached hydrogens (primary N) is 1. The summed E-state index contributed by atoms with van der Waals surface area (Å²) in [7, 11) is 0. The number of guanidine groups is 1. The Kier molecular flexibility index (Phi) is 4.61. The lowest BCUT2D eigenvalue weighted by Crippen LogP contribution is -2.41. The van der Waals surface area contributed by atoms with Gasteiger partial charge in [-0.2, -0.15) is 5.10 Å². The summed E-state index contributed by atoms with van der Waals surface area (Å²) < 4.78 is 1.94. The van der Waals surface area contributed by atoms with Crippen molar-refractivity contribution in [2.24, 2.45) is 16.6 Å². The maximum atomic E-state index is 6.02. The van der Waals surface area contributed by atoms with E-state index in [1.807, 2.05) is 16.9 Å². The second-order valence-corrected chi connectivity index (χ2v) is 5.08. The third-order valence-electron chi connectivity index (χ3n) is 3.30. The average molecular weight is 249 g/mol. The van der Waals surface area contributed by atoms with Crippen molar-refractivity contribution >= 4 is 5.96 Å². The molecule has 2 N–H and O–H groups in total. The van der Waals surface area contributed by atoms with Crippen molar-refractivity contribution < 1.29 is 0 Å². The number of hydrogen-bond donors (Lipinski definition) is 1. The van der Waals surface area contributed by atoms with Crippen LogP contribution in [0, 0.1) is 5.92 Å². The van der Waals surface area contributed by atoms with Crippen molar-refractivity contribution in [2.45, 2.75) is 32.7 Å². The van der Waals surface area contributed by atoms with E-state index in [2.05, 4.69) is 21.9 Å².